The van der Waals surface area contributed by atoms with E-state index in [9.17, 15) is 4.79 Å². The number of nitrogens with zero attached hydrogens (tertiary/aromatic N) is 1. The van der Waals surface area contributed by atoms with Gasteiger partial charge < -0.3 is 14.6 Å². The Morgan fingerprint density at radius 3 is 2.76 bits per heavy atom. The lowest BCUT2D eigenvalue weighted by atomic mass is 9.91. The SMILES string of the molecule is COCC(C)(C)c1cc(NC(=O)C(C)C)no1. The van der Waals surface area contributed by atoms with E-state index in [0.29, 0.717) is 18.2 Å². The monoisotopic (exact) mass is 240 g/mol. The summed E-state index contributed by atoms with van der Waals surface area (Å²) in [5, 5.41) is 6.52. The molecule has 0 aliphatic rings. The van der Waals surface area contributed by atoms with Crippen molar-refractivity contribution >= 4 is 11.7 Å². The van der Waals surface area contributed by atoms with Crippen LogP contribution in [0.1, 0.15) is 33.5 Å². The number of aromatic nitrogens is 1. The van der Waals surface area contributed by atoms with Crippen molar-refractivity contribution in [1.82, 2.24) is 5.16 Å². The van der Waals surface area contributed by atoms with Crippen LogP contribution >= 0.6 is 0 Å². The third kappa shape index (κ3) is 3.56. The van der Waals surface area contributed by atoms with Gasteiger partial charge in [-0.25, -0.2) is 0 Å². The standard InChI is InChI=1S/C12H20N2O3/c1-8(2)11(15)13-10-6-9(17-14-10)12(3,4)7-16-5/h6,8H,7H2,1-5H3,(H,13,14,15). The molecule has 0 aliphatic heterocycles. The fourth-order valence-electron chi connectivity index (χ4n) is 1.36. The van der Waals surface area contributed by atoms with Crippen LogP contribution in [0.25, 0.3) is 0 Å². The fraction of sp³-hybridized carbons (Fsp3) is 0.667. The Bertz CT molecular complexity index is 383. The molecule has 1 rings (SSSR count). The summed E-state index contributed by atoms with van der Waals surface area (Å²) in [5.41, 5.74) is -0.261. The highest BCUT2D eigenvalue weighted by Gasteiger charge is 2.26. The van der Waals surface area contributed by atoms with E-state index >= 15 is 0 Å². The normalized spacial score (nSPS) is 11.9. The Balaban J connectivity index is 2.75. The number of hydrogen-bond donors (Lipinski definition) is 1. The van der Waals surface area contributed by atoms with Crippen LogP contribution < -0.4 is 5.32 Å². The quantitative estimate of drug-likeness (QED) is 0.856. The smallest absolute Gasteiger partial charge is 0.228 e. The van der Waals surface area contributed by atoms with Gasteiger partial charge in [-0.05, 0) is 0 Å². The summed E-state index contributed by atoms with van der Waals surface area (Å²) in [6, 6.07) is 1.74. The molecule has 0 atom stereocenters. The number of carbonyl (C=O) groups excluding carboxylic acids is 1. The first-order valence-corrected chi connectivity index (χ1v) is 5.64. The van der Waals surface area contributed by atoms with Gasteiger partial charge in [0.25, 0.3) is 0 Å². The second-order valence-electron chi connectivity index (χ2n) is 5.04. The summed E-state index contributed by atoms with van der Waals surface area (Å²) in [4.78, 5) is 11.5. The van der Waals surface area contributed by atoms with Crippen LogP contribution in [0.15, 0.2) is 10.6 Å². The zero-order valence-electron chi connectivity index (χ0n) is 11.0. The number of methoxy groups -OCH3 is 1. The first kappa shape index (κ1) is 13.7. The average molecular weight is 240 g/mol. The van der Waals surface area contributed by atoms with Crippen LogP contribution in [0, 0.1) is 5.92 Å². The van der Waals surface area contributed by atoms with Gasteiger partial charge >= 0.3 is 0 Å². The molecule has 0 saturated carbocycles. The van der Waals surface area contributed by atoms with E-state index in [1.807, 2.05) is 27.7 Å². The molecule has 0 aromatic carbocycles. The molecule has 0 radical (unpaired) electrons. The molecule has 1 amide bonds. The highest BCUT2D eigenvalue weighted by Crippen LogP contribution is 2.25. The topological polar surface area (TPSA) is 64.4 Å². The van der Waals surface area contributed by atoms with E-state index in [0.717, 1.165) is 0 Å². The maximum atomic E-state index is 11.5. The lowest BCUT2D eigenvalue weighted by molar-refractivity contribution is -0.118. The number of anilines is 1. The van der Waals surface area contributed by atoms with E-state index in [2.05, 4.69) is 10.5 Å². The van der Waals surface area contributed by atoms with Crippen LogP contribution in [0.4, 0.5) is 5.82 Å². The highest BCUT2D eigenvalue weighted by atomic mass is 16.5. The van der Waals surface area contributed by atoms with E-state index in [-0.39, 0.29) is 17.2 Å². The van der Waals surface area contributed by atoms with Gasteiger partial charge in [-0.1, -0.05) is 32.9 Å². The molecule has 0 aliphatic carbocycles. The predicted octanol–water partition coefficient (Wildman–Crippen LogP) is 2.19. The Morgan fingerprint density at radius 1 is 1.59 bits per heavy atom. The lowest BCUT2D eigenvalue weighted by Crippen LogP contribution is -2.22. The van der Waals surface area contributed by atoms with Gasteiger partial charge in [0.05, 0.1) is 6.61 Å². The number of hydrogen-bond acceptors (Lipinski definition) is 4. The lowest BCUT2D eigenvalue weighted by Gasteiger charge is -2.19. The van der Waals surface area contributed by atoms with Crippen molar-refractivity contribution in [1.29, 1.82) is 0 Å². The molecule has 1 N–H and O–H groups in total. The zero-order chi connectivity index (χ0) is 13.1. The van der Waals surface area contributed by atoms with Crippen LogP contribution in [0.5, 0.6) is 0 Å². The third-order valence-corrected chi connectivity index (χ3v) is 2.46. The first-order chi connectivity index (χ1) is 7.86. The van der Waals surface area contributed by atoms with Crippen molar-refractivity contribution < 1.29 is 14.1 Å². The summed E-state index contributed by atoms with van der Waals surface area (Å²) < 4.78 is 10.3. The zero-order valence-corrected chi connectivity index (χ0v) is 11.0. The molecule has 0 saturated heterocycles. The van der Waals surface area contributed by atoms with Crippen LogP contribution in [-0.2, 0) is 14.9 Å². The number of nitrogens with one attached hydrogen (secondary N) is 1. The molecule has 0 unspecified atom stereocenters. The number of carbonyl (C=O) groups is 1. The fourth-order valence-corrected chi connectivity index (χ4v) is 1.36. The van der Waals surface area contributed by atoms with Crippen LogP contribution in [-0.4, -0.2) is 24.8 Å². The Hall–Kier alpha value is -1.36. The molecule has 1 aromatic heterocycles. The number of ether oxygens (including phenoxy) is 1. The van der Waals surface area contributed by atoms with Crippen molar-refractivity contribution in [2.75, 3.05) is 19.0 Å². The summed E-state index contributed by atoms with van der Waals surface area (Å²) >= 11 is 0. The molecule has 0 fully saturated rings. The minimum absolute atomic E-state index is 0.0746. The Labute approximate surface area is 102 Å². The molecular formula is C12H20N2O3. The maximum absolute atomic E-state index is 11.5. The first-order valence-electron chi connectivity index (χ1n) is 5.64. The van der Waals surface area contributed by atoms with Crippen molar-refractivity contribution in [3.8, 4) is 0 Å². The van der Waals surface area contributed by atoms with Gasteiger partial charge in [0, 0.05) is 24.5 Å². The molecule has 5 nitrogen and oxygen atoms in total. The van der Waals surface area contributed by atoms with Crippen molar-refractivity contribution in [3.05, 3.63) is 11.8 Å². The molecule has 0 bridgehead atoms. The third-order valence-electron chi connectivity index (χ3n) is 2.46. The molecule has 0 spiro atoms. The summed E-state index contributed by atoms with van der Waals surface area (Å²) in [6.07, 6.45) is 0. The summed E-state index contributed by atoms with van der Waals surface area (Å²) in [6.45, 7) is 8.16. The maximum Gasteiger partial charge on any atom is 0.228 e. The Morgan fingerprint density at radius 2 is 2.24 bits per heavy atom. The molecule has 96 valence electrons. The van der Waals surface area contributed by atoms with Crippen LogP contribution in [0.3, 0.4) is 0 Å². The molecule has 17 heavy (non-hydrogen) atoms. The number of rotatable bonds is 5. The van der Waals surface area contributed by atoms with Crippen LogP contribution in [0.2, 0.25) is 0 Å². The second kappa shape index (κ2) is 5.31. The average Bonchev–Trinajstić information content (AvgIpc) is 2.66. The van der Waals surface area contributed by atoms with E-state index in [1.54, 1.807) is 13.2 Å². The predicted molar refractivity (Wildman–Crippen MR) is 64.9 cm³/mol. The Kier molecular flexibility index (Phi) is 4.28. The molecule has 1 aromatic rings. The van der Waals surface area contributed by atoms with E-state index < -0.39 is 0 Å². The van der Waals surface area contributed by atoms with Gasteiger partial charge in [0.2, 0.25) is 5.91 Å². The highest BCUT2D eigenvalue weighted by molar-refractivity contribution is 5.91. The minimum Gasteiger partial charge on any atom is -0.384 e. The van der Waals surface area contributed by atoms with Crippen molar-refractivity contribution in [2.45, 2.75) is 33.1 Å². The van der Waals surface area contributed by atoms with Gasteiger partial charge in [0.1, 0.15) is 5.76 Å². The largest absolute Gasteiger partial charge is 0.384 e. The van der Waals surface area contributed by atoms with Gasteiger partial charge in [-0.2, -0.15) is 0 Å². The molecule has 1 heterocycles. The second-order valence-corrected chi connectivity index (χ2v) is 5.04. The van der Waals surface area contributed by atoms with E-state index in [1.165, 1.54) is 0 Å². The molecule has 5 heteroatoms. The summed E-state index contributed by atoms with van der Waals surface area (Å²) in [5.74, 6) is 0.984. The van der Waals surface area contributed by atoms with Crippen molar-refractivity contribution in [3.63, 3.8) is 0 Å². The van der Waals surface area contributed by atoms with Gasteiger partial charge in [-0.15, -0.1) is 0 Å². The van der Waals surface area contributed by atoms with Gasteiger partial charge in [0.15, 0.2) is 5.82 Å². The molecular weight excluding hydrogens is 220 g/mol. The van der Waals surface area contributed by atoms with Gasteiger partial charge in [-0.3, -0.25) is 4.79 Å². The van der Waals surface area contributed by atoms with Crippen molar-refractivity contribution in [2.24, 2.45) is 5.92 Å². The summed E-state index contributed by atoms with van der Waals surface area (Å²) in [7, 11) is 1.64. The number of amides is 1. The minimum atomic E-state index is -0.261. The van der Waals surface area contributed by atoms with E-state index in [4.69, 9.17) is 9.26 Å².